The molecule has 3 heterocycles. The second-order valence-corrected chi connectivity index (χ2v) is 7.00. The summed E-state index contributed by atoms with van der Waals surface area (Å²) in [6.45, 7) is 1.86. The third-order valence-corrected chi connectivity index (χ3v) is 4.87. The highest BCUT2D eigenvalue weighted by Gasteiger charge is 2.20. The van der Waals surface area contributed by atoms with Crippen molar-refractivity contribution in [3.63, 3.8) is 0 Å². The van der Waals surface area contributed by atoms with Crippen LogP contribution in [-0.2, 0) is 11.2 Å². The lowest BCUT2D eigenvalue weighted by molar-refractivity contribution is -0.115. The van der Waals surface area contributed by atoms with Crippen molar-refractivity contribution >= 4 is 34.2 Å². The number of aryl methyl sites for hydroxylation is 1. The van der Waals surface area contributed by atoms with E-state index < -0.39 is 0 Å². The quantitative estimate of drug-likeness (QED) is 0.567. The highest BCUT2D eigenvalue weighted by molar-refractivity contribution is 6.06. The Balaban J connectivity index is 1.47. The standard InChI is InChI=1S/C22H17N5O2/c1-13-10-20(25-22(29)15-6-8-18-16(11-15)12-21(28)24-18)27(26-13)19-9-7-14-4-2-3-5-17(14)23-19/h2-11H,12H2,1H3,(H,24,28)(H,25,29). The van der Waals surface area contributed by atoms with E-state index in [1.54, 1.807) is 28.9 Å². The largest absolute Gasteiger partial charge is 0.326 e. The number of anilines is 2. The van der Waals surface area contributed by atoms with Crippen molar-refractivity contribution in [1.82, 2.24) is 14.8 Å². The Morgan fingerprint density at radius 2 is 1.97 bits per heavy atom. The normalized spacial score (nSPS) is 12.7. The van der Waals surface area contributed by atoms with Gasteiger partial charge >= 0.3 is 0 Å². The number of nitrogens with one attached hydrogen (secondary N) is 2. The van der Waals surface area contributed by atoms with E-state index in [1.165, 1.54) is 0 Å². The molecule has 0 unspecified atom stereocenters. The number of amides is 2. The molecule has 4 aromatic rings. The first-order chi connectivity index (χ1) is 14.1. The number of carbonyl (C=O) groups is 2. The van der Waals surface area contributed by atoms with Crippen molar-refractivity contribution in [2.45, 2.75) is 13.3 Å². The van der Waals surface area contributed by atoms with Gasteiger partial charge in [-0.3, -0.25) is 9.59 Å². The minimum absolute atomic E-state index is 0.0614. The van der Waals surface area contributed by atoms with Crippen LogP contribution in [-0.4, -0.2) is 26.6 Å². The number of hydrogen-bond acceptors (Lipinski definition) is 4. The van der Waals surface area contributed by atoms with E-state index in [-0.39, 0.29) is 18.2 Å². The van der Waals surface area contributed by atoms with Gasteiger partial charge in [-0.1, -0.05) is 18.2 Å². The Kier molecular flexibility index (Phi) is 3.87. The number of fused-ring (bicyclic) bond motifs is 2. The molecule has 0 aliphatic carbocycles. The minimum atomic E-state index is -0.269. The molecule has 0 saturated heterocycles. The van der Waals surface area contributed by atoms with Crippen molar-refractivity contribution in [3.05, 3.63) is 77.5 Å². The Hall–Kier alpha value is -4.00. The van der Waals surface area contributed by atoms with Gasteiger partial charge in [0.05, 0.1) is 17.6 Å². The molecular formula is C22H17N5O2. The second kappa shape index (κ2) is 6.56. The van der Waals surface area contributed by atoms with E-state index in [9.17, 15) is 9.59 Å². The van der Waals surface area contributed by atoms with Crippen LogP contribution in [0.1, 0.15) is 21.6 Å². The molecule has 0 atom stereocenters. The maximum absolute atomic E-state index is 12.8. The van der Waals surface area contributed by atoms with Crippen molar-refractivity contribution < 1.29 is 9.59 Å². The van der Waals surface area contributed by atoms with Crippen LogP contribution >= 0.6 is 0 Å². The topological polar surface area (TPSA) is 88.9 Å². The molecular weight excluding hydrogens is 366 g/mol. The third kappa shape index (κ3) is 3.12. The van der Waals surface area contributed by atoms with Gasteiger partial charge in [-0.25, -0.2) is 4.98 Å². The molecule has 2 aromatic heterocycles. The summed E-state index contributed by atoms with van der Waals surface area (Å²) in [7, 11) is 0. The maximum Gasteiger partial charge on any atom is 0.256 e. The van der Waals surface area contributed by atoms with Crippen LogP contribution in [0.25, 0.3) is 16.7 Å². The predicted molar refractivity (Wildman–Crippen MR) is 110 cm³/mol. The maximum atomic E-state index is 12.8. The van der Waals surface area contributed by atoms with Crippen LogP contribution in [0, 0.1) is 6.92 Å². The number of aromatic nitrogens is 3. The number of nitrogens with zero attached hydrogens (tertiary/aromatic N) is 3. The molecule has 2 amide bonds. The summed E-state index contributed by atoms with van der Waals surface area (Å²) >= 11 is 0. The van der Waals surface area contributed by atoms with E-state index in [2.05, 4.69) is 20.7 Å². The Morgan fingerprint density at radius 1 is 1.10 bits per heavy atom. The van der Waals surface area contributed by atoms with Crippen LogP contribution in [0.2, 0.25) is 0 Å². The fraction of sp³-hybridized carbons (Fsp3) is 0.0909. The van der Waals surface area contributed by atoms with E-state index in [1.807, 2.05) is 43.3 Å². The van der Waals surface area contributed by atoms with Crippen LogP contribution in [0.4, 0.5) is 11.5 Å². The number of rotatable bonds is 3. The minimum Gasteiger partial charge on any atom is -0.326 e. The van der Waals surface area contributed by atoms with Crippen LogP contribution in [0.15, 0.2) is 60.7 Å². The fourth-order valence-electron chi connectivity index (χ4n) is 3.50. The molecule has 1 aliphatic heterocycles. The van der Waals surface area contributed by atoms with E-state index in [0.717, 1.165) is 27.8 Å². The van der Waals surface area contributed by atoms with Crippen molar-refractivity contribution in [2.75, 3.05) is 10.6 Å². The van der Waals surface area contributed by atoms with Gasteiger partial charge in [0.1, 0.15) is 5.82 Å². The molecule has 2 N–H and O–H groups in total. The Morgan fingerprint density at radius 3 is 2.86 bits per heavy atom. The second-order valence-electron chi connectivity index (χ2n) is 7.00. The molecule has 0 fully saturated rings. The van der Waals surface area contributed by atoms with Gasteiger partial charge in [0, 0.05) is 22.7 Å². The molecule has 0 spiro atoms. The smallest absolute Gasteiger partial charge is 0.256 e. The van der Waals surface area contributed by atoms with Crippen LogP contribution in [0.3, 0.4) is 0 Å². The average molecular weight is 383 g/mol. The van der Waals surface area contributed by atoms with Crippen LogP contribution in [0.5, 0.6) is 0 Å². The van der Waals surface area contributed by atoms with Gasteiger partial charge in [-0.15, -0.1) is 0 Å². The SMILES string of the molecule is Cc1cc(NC(=O)c2ccc3c(c2)CC(=O)N3)n(-c2ccc3ccccc3n2)n1. The summed E-state index contributed by atoms with van der Waals surface area (Å²) in [5.41, 5.74) is 3.68. The summed E-state index contributed by atoms with van der Waals surface area (Å²) < 4.78 is 1.62. The molecule has 142 valence electrons. The van der Waals surface area contributed by atoms with E-state index in [0.29, 0.717) is 17.2 Å². The molecule has 7 heteroatoms. The third-order valence-electron chi connectivity index (χ3n) is 4.87. The number of pyridine rings is 1. The lowest BCUT2D eigenvalue weighted by atomic mass is 10.1. The average Bonchev–Trinajstić information content (AvgIpc) is 3.27. The summed E-state index contributed by atoms with van der Waals surface area (Å²) in [6.07, 6.45) is 0.286. The number of hydrogen-bond donors (Lipinski definition) is 2. The number of benzene rings is 2. The molecule has 0 bridgehead atoms. The molecule has 7 nitrogen and oxygen atoms in total. The first-order valence-corrected chi connectivity index (χ1v) is 9.24. The molecule has 29 heavy (non-hydrogen) atoms. The fourth-order valence-corrected chi connectivity index (χ4v) is 3.50. The van der Waals surface area contributed by atoms with E-state index >= 15 is 0 Å². The van der Waals surface area contributed by atoms with Gasteiger partial charge in [0.15, 0.2) is 5.82 Å². The molecule has 5 rings (SSSR count). The molecule has 0 saturated carbocycles. The zero-order valence-electron chi connectivity index (χ0n) is 15.6. The highest BCUT2D eigenvalue weighted by atomic mass is 16.2. The first-order valence-electron chi connectivity index (χ1n) is 9.24. The molecule has 0 radical (unpaired) electrons. The highest BCUT2D eigenvalue weighted by Crippen LogP contribution is 2.25. The Bertz CT molecular complexity index is 1290. The van der Waals surface area contributed by atoms with Gasteiger partial charge < -0.3 is 10.6 Å². The first kappa shape index (κ1) is 17.1. The molecule has 2 aromatic carbocycles. The predicted octanol–water partition coefficient (Wildman–Crippen LogP) is 3.48. The Labute approximate surface area is 166 Å². The summed E-state index contributed by atoms with van der Waals surface area (Å²) in [4.78, 5) is 29.0. The van der Waals surface area contributed by atoms with E-state index in [4.69, 9.17) is 0 Å². The van der Waals surface area contributed by atoms with Crippen molar-refractivity contribution in [1.29, 1.82) is 0 Å². The zero-order chi connectivity index (χ0) is 20.0. The summed E-state index contributed by atoms with van der Waals surface area (Å²) in [5.74, 6) is 0.823. The lowest BCUT2D eigenvalue weighted by Gasteiger charge is -2.10. The number of carbonyl (C=O) groups excluding carboxylic acids is 2. The van der Waals surface area contributed by atoms with Gasteiger partial charge in [-0.05, 0) is 48.9 Å². The lowest BCUT2D eigenvalue weighted by Crippen LogP contribution is -2.15. The van der Waals surface area contributed by atoms with Crippen molar-refractivity contribution in [3.8, 4) is 5.82 Å². The number of para-hydroxylation sites is 1. The summed E-state index contributed by atoms with van der Waals surface area (Å²) in [6, 6.07) is 18.7. The van der Waals surface area contributed by atoms with Gasteiger partial charge in [-0.2, -0.15) is 9.78 Å². The summed E-state index contributed by atoms with van der Waals surface area (Å²) in [5, 5.41) is 11.2. The van der Waals surface area contributed by atoms with Gasteiger partial charge in [0.25, 0.3) is 5.91 Å². The van der Waals surface area contributed by atoms with Crippen LogP contribution < -0.4 is 10.6 Å². The monoisotopic (exact) mass is 383 g/mol. The zero-order valence-corrected chi connectivity index (χ0v) is 15.6. The van der Waals surface area contributed by atoms with Gasteiger partial charge in [0.2, 0.25) is 5.91 Å². The van der Waals surface area contributed by atoms with Crippen molar-refractivity contribution in [2.24, 2.45) is 0 Å². The molecule has 1 aliphatic rings.